The van der Waals surface area contributed by atoms with Crippen LogP contribution in [-0.2, 0) is 0 Å². The zero-order valence-corrected chi connectivity index (χ0v) is 12.2. The van der Waals surface area contributed by atoms with Gasteiger partial charge < -0.3 is 11.1 Å². The van der Waals surface area contributed by atoms with Crippen LogP contribution in [0.5, 0.6) is 0 Å². The van der Waals surface area contributed by atoms with Gasteiger partial charge in [0.25, 0.3) is 0 Å². The van der Waals surface area contributed by atoms with Crippen molar-refractivity contribution in [3.05, 3.63) is 64.2 Å². The Bertz CT molecular complexity index is 623. The second kappa shape index (κ2) is 5.97. The Hall–Kier alpha value is -2.00. The maximum atomic E-state index is 11.1. The summed E-state index contributed by atoms with van der Waals surface area (Å²) in [7, 11) is 0. The molecular formula is C16H17ClN2O. The predicted molar refractivity (Wildman–Crippen MR) is 83.2 cm³/mol. The molecule has 0 radical (unpaired) electrons. The van der Waals surface area contributed by atoms with E-state index in [1.807, 2.05) is 37.3 Å². The van der Waals surface area contributed by atoms with Crippen LogP contribution >= 0.6 is 11.6 Å². The van der Waals surface area contributed by atoms with Crippen molar-refractivity contribution >= 4 is 23.2 Å². The van der Waals surface area contributed by atoms with Crippen LogP contribution in [-0.4, -0.2) is 5.91 Å². The highest BCUT2D eigenvalue weighted by atomic mass is 35.5. The molecule has 1 amide bonds. The van der Waals surface area contributed by atoms with Gasteiger partial charge in [0, 0.05) is 22.3 Å². The van der Waals surface area contributed by atoms with Gasteiger partial charge in [-0.05, 0) is 55.3 Å². The summed E-state index contributed by atoms with van der Waals surface area (Å²) in [6, 6.07) is 13.3. The van der Waals surface area contributed by atoms with E-state index < -0.39 is 5.91 Å². The molecule has 2 rings (SSSR count). The van der Waals surface area contributed by atoms with Gasteiger partial charge >= 0.3 is 0 Å². The molecule has 0 heterocycles. The average Bonchev–Trinajstić information content (AvgIpc) is 2.41. The Balaban J connectivity index is 2.17. The van der Waals surface area contributed by atoms with E-state index in [0.29, 0.717) is 5.56 Å². The lowest BCUT2D eigenvalue weighted by Crippen LogP contribution is -2.12. The van der Waals surface area contributed by atoms with Crippen LogP contribution in [0.1, 0.15) is 34.5 Å². The van der Waals surface area contributed by atoms with Gasteiger partial charge in [0.2, 0.25) is 5.91 Å². The zero-order chi connectivity index (χ0) is 14.7. The molecule has 104 valence electrons. The Labute approximate surface area is 123 Å². The molecule has 2 aromatic rings. The molecule has 20 heavy (non-hydrogen) atoms. The third kappa shape index (κ3) is 3.31. The van der Waals surface area contributed by atoms with Crippen LogP contribution in [0.25, 0.3) is 0 Å². The lowest BCUT2D eigenvalue weighted by molar-refractivity contribution is 0.1000. The minimum Gasteiger partial charge on any atom is -0.378 e. The first-order valence-corrected chi connectivity index (χ1v) is 6.77. The van der Waals surface area contributed by atoms with Crippen molar-refractivity contribution in [1.82, 2.24) is 0 Å². The number of hydrogen-bond donors (Lipinski definition) is 2. The van der Waals surface area contributed by atoms with Crippen LogP contribution in [0, 0.1) is 6.92 Å². The first-order valence-electron chi connectivity index (χ1n) is 6.40. The lowest BCUT2D eigenvalue weighted by Gasteiger charge is -2.18. The summed E-state index contributed by atoms with van der Waals surface area (Å²) < 4.78 is 0. The van der Waals surface area contributed by atoms with Crippen LogP contribution in [0.15, 0.2) is 42.5 Å². The van der Waals surface area contributed by atoms with Gasteiger partial charge in [-0.2, -0.15) is 0 Å². The smallest absolute Gasteiger partial charge is 0.248 e. The number of aryl methyl sites for hydroxylation is 1. The number of amides is 1. The molecule has 0 saturated heterocycles. The van der Waals surface area contributed by atoms with Crippen LogP contribution in [0.4, 0.5) is 5.69 Å². The molecule has 3 N–H and O–H groups in total. The van der Waals surface area contributed by atoms with Crippen molar-refractivity contribution in [3.8, 4) is 0 Å². The topological polar surface area (TPSA) is 55.1 Å². The molecule has 0 saturated carbocycles. The van der Waals surface area contributed by atoms with Crippen molar-refractivity contribution in [2.75, 3.05) is 5.32 Å². The summed E-state index contributed by atoms with van der Waals surface area (Å²) in [4.78, 5) is 11.1. The molecule has 0 fully saturated rings. The number of hydrogen-bond acceptors (Lipinski definition) is 2. The molecule has 1 atom stereocenters. The van der Waals surface area contributed by atoms with Crippen LogP contribution < -0.4 is 11.1 Å². The number of anilines is 1. The minimum atomic E-state index is -0.412. The number of primary amides is 1. The van der Waals surface area contributed by atoms with E-state index in [-0.39, 0.29) is 6.04 Å². The van der Waals surface area contributed by atoms with Gasteiger partial charge in [-0.25, -0.2) is 0 Å². The van der Waals surface area contributed by atoms with Crippen molar-refractivity contribution in [3.63, 3.8) is 0 Å². The molecule has 2 aromatic carbocycles. The second-order valence-electron chi connectivity index (χ2n) is 4.81. The molecule has 4 heteroatoms. The number of carbonyl (C=O) groups excluding carboxylic acids is 1. The van der Waals surface area contributed by atoms with Crippen molar-refractivity contribution in [2.45, 2.75) is 19.9 Å². The SMILES string of the molecule is Cc1cc(C(N)=O)ccc1NC(C)c1ccc(Cl)cc1. The van der Waals surface area contributed by atoms with E-state index in [1.54, 1.807) is 12.1 Å². The summed E-state index contributed by atoms with van der Waals surface area (Å²) in [5.41, 5.74) is 8.91. The highest BCUT2D eigenvalue weighted by Crippen LogP contribution is 2.24. The highest BCUT2D eigenvalue weighted by molar-refractivity contribution is 6.30. The number of nitrogens with one attached hydrogen (secondary N) is 1. The van der Waals surface area contributed by atoms with Crippen LogP contribution in [0.3, 0.4) is 0 Å². The number of rotatable bonds is 4. The Morgan fingerprint density at radius 3 is 2.40 bits per heavy atom. The average molecular weight is 289 g/mol. The van der Waals surface area contributed by atoms with Gasteiger partial charge in [0.05, 0.1) is 0 Å². The fourth-order valence-corrected chi connectivity index (χ4v) is 2.17. The van der Waals surface area contributed by atoms with Gasteiger partial charge in [-0.3, -0.25) is 4.79 Å². The molecule has 0 aliphatic carbocycles. The number of halogens is 1. The molecular weight excluding hydrogens is 272 g/mol. The molecule has 1 unspecified atom stereocenters. The number of carbonyl (C=O) groups is 1. The van der Waals surface area contributed by atoms with Gasteiger partial charge in [0.1, 0.15) is 0 Å². The standard InChI is InChI=1S/C16H17ClN2O/c1-10-9-13(16(18)20)5-8-15(10)19-11(2)12-3-6-14(17)7-4-12/h3-9,11,19H,1-2H3,(H2,18,20). The van der Waals surface area contributed by atoms with Gasteiger partial charge in [-0.15, -0.1) is 0 Å². The summed E-state index contributed by atoms with van der Waals surface area (Å²) >= 11 is 5.88. The summed E-state index contributed by atoms with van der Waals surface area (Å²) in [5.74, 6) is -0.412. The van der Waals surface area contributed by atoms with E-state index in [9.17, 15) is 4.79 Å². The molecule has 0 spiro atoms. The fraction of sp³-hybridized carbons (Fsp3) is 0.188. The normalized spacial score (nSPS) is 11.9. The maximum Gasteiger partial charge on any atom is 0.248 e. The van der Waals surface area contributed by atoms with E-state index in [4.69, 9.17) is 17.3 Å². The monoisotopic (exact) mass is 288 g/mol. The molecule has 3 nitrogen and oxygen atoms in total. The van der Waals surface area contributed by atoms with E-state index >= 15 is 0 Å². The number of benzene rings is 2. The largest absolute Gasteiger partial charge is 0.378 e. The third-order valence-corrected chi connectivity index (χ3v) is 3.50. The van der Waals surface area contributed by atoms with E-state index in [2.05, 4.69) is 12.2 Å². The minimum absolute atomic E-state index is 0.144. The first-order chi connectivity index (χ1) is 9.47. The van der Waals surface area contributed by atoms with Crippen molar-refractivity contribution < 1.29 is 4.79 Å². The molecule has 0 bridgehead atoms. The predicted octanol–water partition coefficient (Wildman–Crippen LogP) is 3.92. The number of nitrogens with two attached hydrogens (primary N) is 1. The van der Waals surface area contributed by atoms with E-state index in [0.717, 1.165) is 21.8 Å². The fourth-order valence-electron chi connectivity index (χ4n) is 2.05. The second-order valence-corrected chi connectivity index (χ2v) is 5.25. The Morgan fingerprint density at radius 1 is 1.20 bits per heavy atom. The van der Waals surface area contributed by atoms with Crippen LogP contribution in [0.2, 0.25) is 5.02 Å². The highest BCUT2D eigenvalue weighted by Gasteiger charge is 2.08. The molecule has 0 aromatic heterocycles. The summed E-state index contributed by atoms with van der Waals surface area (Å²) in [5, 5.41) is 4.14. The molecule has 0 aliphatic heterocycles. The Morgan fingerprint density at radius 2 is 1.85 bits per heavy atom. The maximum absolute atomic E-state index is 11.1. The van der Waals surface area contributed by atoms with Gasteiger partial charge in [0.15, 0.2) is 0 Å². The summed E-state index contributed by atoms with van der Waals surface area (Å²) in [6.07, 6.45) is 0. The third-order valence-electron chi connectivity index (χ3n) is 3.25. The summed E-state index contributed by atoms with van der Waals surface area (Å²) in [6.45, 7) is 4.02. The quantitative estimate of drug-likeness (QED) is 0.896. The molecule has 0 aliphatic rings. The van der Waals surface area contributed by atoms with E-state index in [1.165, 1.54) is 0 Å². The van der Waals surface area contributed by atoms with Gasteiger partial charge in [-0.1, -0.05) is 23.7 Å². The zero-order valence-electron chi connectivity index (χ0n) is 11.5. The van der Waals surface area contributed by atoms with Crippen molar-refractivity contribution in [2.24, 2.45) is 5.73 Å². The first kappa shape index (κ1) is 14.4. The van der Waals surface area contributed by atoms with Crippen molar-refractivity contribution in [1.29, 1.82) is 0 Å². The lowest BCUT2D eigenvalue weighted by atomic mass is 10.1. The Kier molecular flexibility index (Phi) is 4.30.